The monoisotopic (exact) mass is 281 g/mol. The van der Waals surface area contributed by atoms with Crippen molar-refractivity contribution in [1.29, 1.82) is 0 Å². The molecule has 1 saturated carbocycles. The van der Waals surface area contributed by atoms with E-state index in [2.05, 4.69) is 19.2 Å². The van der Waals surface area contributed by atoms with Crippen LogP contribution in [0.5, 0.6) is 0 Å². The smallest absolute Gasteiger partial charge is 0.0661 e. The van der Waals surface area contributed by atoms with Crippen LogP contribution < -0.4 is 5.32 Å². The molecule has 1 fully saturated rings. The van der Waals surface area contributed by atoms with Gasteiger partial charge < -0.3 is 10.4 Å². The summed E-state index contributed by atoms with van der Waals surface area (Å²) in [5, 5.41) is 14.1. The third kappa shape index (κ3) is 3.43. The van der Waals surface area contributed by atoms with Crippen LogP contribution in [0.15, 0.2) is 24.3 Å². The van der Waals surface area contributed by atoms with Crippen molar-refractivity contribution < 1.29 is 5.11 Å². The van der Waals surface area contributed by atoms with Gasteiger partial charge in [-0.2, -0.15) is 0 Å². The molecular weight excluding hydrogens is 258 g/mol. The van der Waals surface area contributed by atoms with E-state index < -0.39 is 0 Å². The van der Waals surface area contributed by atoms with E-state index in [1.807, 2.05) is 24.3 Å². The van der Waals surface area contributed by atoms with Crippen LogP contribution in [0.1, 0.15) is 39.5 Å². The van der Waals surface area contributed by atoms with Crippen LogP contribution in [-0.4, -0.2) is 17.3 Å². The fourth-order valence-electron chi connectivity index (χ4n) is 3.12. The number of para-hydroxylation sites is 1. The largest absolute Gasteiger partial charge is 0.394 e. The van der Waals surface area contributed by atoms with Crippen molar-refractivity contribution in [2.24, 2.45) is 11.8 Å². The standard InChI is InChI=1S/C16H24ClNO/c1-12(2)13-6-5-9-16(10-13,11-19)18-15-8-4-3-7-14(15)17/h3-4,7-8,12-13,18-19H,5-6,9-11H2,1-2H3. The number of halogens is 1. The first-order valence-electron chi connectivity index (χ1n) is 7.20. The van der Waals surface area contributed by atoms with Crippen LogP contribution >= 0.6 is 11.6 Å². The Morgan fingerprint density at radius 1 is 1.42 bits per heavy atom. The van der Waals surface area contributed by atoms with Crippen molar-refractivity contribution in [2.45, 2.75) is 45.1 Å². The molecule has 0 amide bonds. The second kappa shape index (κ2) is 6.15. The fourth-order valence-corrected chi connectivity index (χ4v) is 3.31. The summed E-state index contributed by atoms with van der Waals surface area (Å²) in [7, 11) is 0. The van der Waals surface area contributed by atoms with E-state index in [-0.39, 0.29) is 12.1 Å². The highest BCUT2D eigenvalue weighted by Gasteiger charge is 2.37. The van der Waals surface area contributed by atoms with Crippen molar-refractivity contribution in [1.82, 2.24) is 0 Å². The highest BCUT2D eigenvalue weighted by atomic mass is 35.5. The molecule has 19 heavy (non-hydrogen) atoms. The summed E-state index contributed by atoms with van der Waals surface area (Å²) in [6.07, 6.45) is 4.47. The molecule has 0 aliphatic heterocycles. The third-order valence-electron chi connectivity index (χ3n) is 4.40. The molecule has 2 N–H and O–H groups in total. The van der Waals surface area contributed by atoms with Crippen molar-refractivity contribution in [2.75, 3.05) is 11.9 Å². The Morgan fingerprint density at radius 3 is 2.79 bits per heavy atom. The lowest BCUT2D eigenvalue weighted by Gasteiger charge is -2.42. The van der Waals surface area contributed by atoms with Crippen molar-refractivity contribution in [3.63, 3.8) is 0 Å². The molecule has 2 nitrogen and oxygen atoms in total. The van der Waals surface area contributed by atoms with Gasteiger partial charge in [0.15, 0.2) is 0 Å². The van der Waals surface area contributed by atoms with E-state index in [1.165, 1.54) is 12.8 Å². The summed E-state index contributed by atoms with van der Waals surface area (Å²) in [5.74, 6) is 1.34. The van der Waals surface area contributed by atoms with Crippen LogP contribution in [0.4, 0.5) is 5.69 Å². The van der Waals surface area contributed by atoms with Gasteiger partial charge in [0.05, 0.1) is 22.9 Å². The van der Waals surface area contributed by atoms with Gasteiger partial charge in [0.2, 0.25) is 0 Å². The molecule has 2 rings (SSSR count). The first kappa shape index (κ1) is 14.7. The highest BCUT2D eigenvalue weighted by molar-refractivity contribution is 6.33. The Hall–Kier alpha value is -0.730. The van der Waals surface area contributed by atoms with Gasteiger partial charge in [0.1, 0.15) is 0 Å². The summed E-state index contributed by atoms with van der Waals surface area (Å²) >= 11 is 6.22. The molecule has 2 atom stereocenters. The summed E-state index contributed by atoms with van der Waals surface area (Å²) in [4.78, 5) is 0. The van der Waals surface area contributed by atoms with Gasteiger partial charge >= 0.3 is 0 Å². The van der Waals surface area contributed by atoms with E-state index >= 15 is 0 Å². The molecule has 0 spiro atoms. The second-order valence-electron chi connectivity index (χ2n) is 6.14. The topological polar surface area (TPSA) is 32.3 Å². The molecule has 106 valence electrons. The number of nitrogens with one attached hydrogen (secondary N) is 1. The lowest BCUT2D eigenvalue weighted by molar-refractivity contribution is 0.126. The Balaban J connectivity index is 2.16. The van der Waals surface area contributed by atoms with Crippen LogP contribution in [0.25, 0.3) is 0 Å². The maximum Gasteiger partial charge on any atom is 0.0661 e. The molecule has 0 radical (unpaired) electrons. The van der Waals surface area contributed by atoms with Gasteiger partial charge in [0, 0.05) is 0 Å². The Kier molecular flexibility index (Phi) is 4.75. The lowest BCUT2D eigenvalue weighted by Crippen LogP contribution is -2.47. The molecule has 0 bridgehead atoms. The van der Waals surface area contributed by atoms with Gasteiger partial charge in [-0.05, 0) is 36.8 Å². The van der Waals surface area contributed by atoms with Crippen LogP contribution in [0.3, 0.4) is 0 Å². The number of aliphatic hydroxyl groups excluding tert-OH is 1. The second-order valence-corrected chi connectivity index (χ2v) is 6.55. The number of hydrogen-bond donors (Lipinski definition) is 2. The molecule has 1 aliphatic carbocycles. The van der Waals surface area contributed by atoms with Gasteiger partial charge in [-0.1, -0.05) is 50.4 Å². The van der Waals surface area contributed by atoms with Crippen LogP contribution in [0, 0.1) is 11.8 Å². The van der Waals surface area contributed by atoms with Crippen molar-refractivity contribution in [3.05, 3.63) is 29.3 Å². The zero-order valence-electron chi connectivity index (χ0n) is 11.8. The summed E-state index contributed by atoms with van der Waals surface area (Å²) in [6.45, 7) is 4.71. The maximum absolute atomic E-state index is 9.89. The number of hydrogen-bond acceptors (Lipinski definition) is 2. The molecule has 3 heteroatoms. The quantitative estimate of drug-likeness (QED) is 0.861. The molecule has 0 aromatic heterocycles. The van der Waals surface area contributed by atoms with E-state index in [1.54, 1.807) is 0 Å². The van der Waals surface area contributed by atoms with Crippen LogP contribution in [-0.2, 0) is 0 Å². The minimum Gasteiger partial charge on any atom is -0.394 e. The summed E-state index contributed by atoms with van der Waals surface area (Å²) in [5.41, 5.74) is 0.723. The summed E-state index contributed by atoms with van der Waals surface area (Å²) < 4.78 is 0. The fraction of sp³-hybridized carbons (Fsp3) is 0.625. The molecular formula is C16H24ClNO. The molecule has 1 aromatic rings. The first-order chi connectivity index (χ1) is 9.06. The van der Waals surface area contributed by atoms with Gasteiger partial charge in [-0.15, -0.1) is 0 Å². The Bertz CT molecular complexity index is 421. The first-order valence-corrected chi connectivity index (χ1v) is 7.58. The zero-order chi connectivity index (χ0) is 13.9. The molecule has 0 saturated heterocycles. The van der Waals surface area contributed by atoms with Gasteiger partial charge in [0.25, 0.3) is 0 Å². The van der Waals surface area contributed by atoms with Crippen molar-refractivity contribution in [3.8, 4) is 0 Å². The average Bonchev–Trinajstić information content (AvgIpc) is 2.42. The molecule has 1 aliphatic rings. The van der Waals surface area contributed by atoms with E-state index in [9.17, 15) is 5.11 Å². The molecule has 1 aromatic carbocycles. The number of benzene rings is 1. The zero-order valence-corrected chi connectivity index (χ0v) is 12.6. The minimum absolute atomic E-state index is 0.168. The number of anilines is 1. The predicted octanol–water partition coefficient (Wildman–Crippen LogP) is 4.33. The number of aliphatic hydroxyl groups is 1. The van der Waals surface area contributed by atoms with E-state index in [0.717, 1.165) is 23.6 Å². The Labute approximate surface area is 121 Å². The maximum atomic E-state index is 9.89. The summed E-state index contributed by atoms with van der Waals surface area (Å²) in [6, 6.07) is 7.77. The van der Waals surface area contributed by atoms with E-state index in [0.29, 0.717) is 11.8 Å². The number of rotatable bonds is 4. The van der Waals surface area contributed by atoms with E-state index in [4.69, 9.17) is 11.6 Å². The van der Waals surface area contributed by atoms with Crippen molar-refractivity contribution >= 4 is 17.3 Å². The minimum atomic E-state index is -0.210. The van der Waals surface area contributed by atoms with Crippen LogP contribution in [0.2, 0.25) is 5.02 Å². The normalized spacial score (nSPS) is 27.5. The molecule has 2 unspecified atom stereocenters. The highest BCUT2D eigenvalue weighted by Crippen LogP contribution is 2.39. The predicted molar refractivity (Wildman–Crippen MR) is 81.7 cm³/mol. The SMILES string of the molecule is CC(C)C1CCCC(CO)(Nc2ccccc2Cl)C1. The lowest BCUT2D eigenvalue weighted by atomic mass is 9.72. The average molecular weight is 282 g/mol. The van der Waals surface area contributed by atoms with Gasteiger partial charge in [-0.25, -0.2) is 0 Å². The molecule has 0 heterocycles. The Morgan fingerprint density at radius 2 is 2.16 bits per heavy atom. The third-order valence-corrected chi connectivity index (χ3v) is 4.73. The van der Waals surface area contributed by atoms with Gasteiger partial charge in [-0.3, -0.25) is 0 Å².